The zero-order valence-electron chi connectivity index (χ0n) is 8.63. The fourth-order valence-corrected chi connectivity index (χ4v) is 3.39. The summed E-state index contributed by atoms with van der Waals surface area (Å²) in [6, 6.07) is 8.88. The van der Waals surface area contributed by atoms with Gasteiger partial charge in [0.2, 0.25) is 0 Å². The fraction of sp³-hybridized carbons (Fsp3) is 0.455. The van der Waals surface area contributed by atoms with Gasteiger partial charge >= 0.3 is 0 Å². The minimum absolute atomic E-state index is 0.285. The molecule has 0 bridgehead atoms. The van der Waals surface area contributed by atoms with Gasteiger partial charge in [0.15, 0.2) is 0 Å². The highest BCUT2D eigenvalue weighted by Gasteiger charge is 2.05. The number of rotatable bonds is 4. The predicted molar refractivity (Wildman–Crippen MR) is 65.4 cm³/mol. The summed E-state index contributed by atoms with van der Waals surface area (Å²) in [5.74, 6) is 2.40. The Bertz CT molecular complexity index is 258. The van der Waals surface area contributed by atoms with Crippen LogP contribution in [-0.2, 0) is 5.75 Å². The number of thioether (sulfide) groups is 1. The summed E-state index contributed by atoms with van der Waals surface area (Å²) in [5.41, 5.74) is 1.55. The normalized spacial score (nSPS) is 10.8. The molecule has 13 heavy (non-hydrogen) atoms. The summed E-state index contributed by atoms with van der Waals surface area (Å²) in [5, 5.41) is 1.61. The molecule has 2 heteroatoms. The van der Waals surface area contributed by atoms with E-state index in [0.717, 1.165) is 0 Å². The molecule has 1 rings (SSSR count). The Morgan fingerprint density at radius 1 is 1.23 bits per heavy atom. The molecule has 0 nitrogen and oxygen atoms in total. The van der Waals surface area contributed by atoms with Crippen molar-refractivity contribution in [1.29, 1.82) is 0 Å². The van der Waals surface area contributed by atoms with Crippen LogP contribution in [0.2, 0.25) is 13.1 Å². The van der Waals surface area contributed by atoms with Crippen LogP contribution in [0.3, 0.4) is 0 Å². The van der Waals surface area contributed by atoms with Crippen LogP contribution in [-0.4, -0.2) is 14.5 Å². The van der Waals surface area contributed by atoms with Crippen molar-refractivity contribution < 1.29 is 0 Å². The third-order valence-electron chi connectivity index (χ3n) is 2.02. The van der Waals surface area contributed by atoms with Gasteiger partial charge in [0, 0.05) is 5.75 Å². The van der Waals surface area contributed by atoms with E-state index in [1.165, 1.54) is 11.5 Å². The Hall–Kier alpha value is -0.213. The summed E-state index contributed by atoms with van der Waals surface area (Å²) in [4.78, 5) is 0. The predicted octanol–water partition coefficient (Wildman–Crippen LogP) is 2.90. The molecule has 1 radical (unpaired) electrons. The molecule has 0 aliphatic carbocycles. The van der Waals surface area contributed by atoms with Gasteiger partial charge in [-0.25, -0.2) is 0 Å². The number of hydrogen-bond acceptors (Lipinski definition) is 1. The summed E-state index contributed by atoms with van der Waals surface area (Å²) in [6.45, 7) is 6.94. The number of benzene rings is 1. The second-order valence-electron chi connectivity index (χ2n) is 3.29. The van der Waals surface area contributed by atoms with Crippen LogP contribution in [0, 0.1) is 0 Å². The van der Waals surface area contributed by atoms with Gasteiger partial charge in [-0.3, -0.25) is 0 Å². The Balaban J connectivity index is 2.78. The molecule has 0 unspecified atom stereocenters. The maximum absolute atomic E-state index is 2.36. The molecule has 0 fully saturated rings. The minimum Gasteiger partial charge on any atom is -0.158 e. The van der Waals surface area contributed by atoms with Crippen LogP contribution < -0.4 is 5.19 Å². The van der Waals surface area contributed by atoms with Gasteiger partial charge in [0.05, 0.1) is 8.80 Å². The highest BCUT2D eigenvalue weighted by Crippen LogP contribution is 2.10. The van der Waals surface area contributed by atoms with E-state index in [-0.39, 0.29) is 8.80 Å². The van der Waals surface area contributed by atoms with Crippen molar-refractivity contribution in [3.63, 3.8) is 0 Å². The molecule has 0 amide bonds. The smallest absolute Gasteiger partial charge is 0.0795 e. The summed E-state index contributed by atoms with van der Waals surface area (Å²) >= 11 is 2.01. The van der Waals surface area contributed by atoms with Gasteiger partial charge in [0.1, 0.15) is 0 Å². The Kier molecular flexibility index (Phi) is 4.60. The maximum Gasteiger partial charge on any atom is 0.0795 e. The summed E-state index contributed by atoms with van der Waals surface area (Å²) in [6.07, 6.45) is 0. The first-order chi connectivity index (χ1) is 6.25. The van der Waals surface area contributed by atoms with Crippen LogP contribution >= 0.6 is 11.8 Å². The molecule has 1 aromatic rings. The second kappa shape index (κ2) is 5.50. The van der Waals surface area contributed by atoms with E-state index in [2.05, 4.69) is 44.3 Å². The van der Waals surface area contributed by atoms with Crippen molar-refractivity contribution in [2.45, 2.75) is 25.8 Å². The standard InChI is InChI=1S/C11H17SSi/c1-4-12-9-10-7-5-6-8-11(10)13(2)3/h5-8H,4,9H2,1-3H3. The van der Waals surface area contributed by atoms with E-state index in [0.29, 0.717) is 0 Å². The van der Waals surface area contributed by atoms with E-state index >= 15 is 0 Å². The Morgan fingerprint density at radius 3 is 2.54 bits per heavy atom. The third kappa shape index (κ3) is 3.20. The van der Waals surface area contributed by atoms with Crippen LogP contribution in [0.4, 0.5) is 0 Å². The highest BCUT2D eigenvalue weighted by molar-refractivity contribution is 7.98. The lowest BCUT2D eigenvalue weighted by Crippen LogP contribution is -2.26. The molecule has 0 spiro atoms. The zero-order chi connectivity index (χ0) is 9.68. The number of hydrogen-bond donors (Lipinski definition) is 0. The average Bonchev–Trinajstić information content (AvgIpc) is 2.15. The Labute approximate surface area is 87.4 Å². The van der Waals surface area contributed by atoms with Crippen molar-refractivity contribution in [3.8, 4) is 0 Å². The SMILES string of the molecule is CCSCc1ccccc1[Si](C)C. The molecule has 71 valence electrons. The molecule has 0 aliphatic rings. The molecular formula is C11H17SSi. The first-order valence-electron chi connectivity index (χ1n) is 4.72. The van der Waals surface area contributed by atoms with E-state index in [4.69, 9.17) is 0 Å². The molecule has 0 atom stereocenters. The monoisotopic (exact) mass is 209 g/mol. The van der Waals surface area contributed by atoms with Crippen LogP contribution in [0.5, 0.6) is 0 Å². The molecule has 1 aromatic carbocycles. The van der Waals surface area contributed by atoms with Crippen molar-refractivity contribution in [3.05, 3.63) is 29.8 Å². The highest BCUT2D eigenvalue weighted by atomic mass is 32.2. The lowest BCUT2D eigenvalue weighted by Gasteiger charge is -2.10. The van der Waals surface area contributed by atoms with Crippen molar-refractivity contribution in [2.75, 3.05) is 5.75 Å². The van der Waals surface area contributed by atoms with Crippen molar-refractivity contribution >= 4 is 25.7 Å². The first-order valence-corrected chi connectivity index (χ1v) is 8.37. The fourth-order valence-electron chi connectivity index (χ4n) is 1.35. The van der Waals surface area contributed by atoms with Crippen LogP contribution in [0.1, 0.15) is 12.5 Å². The summed E-state index contributed by atoms with van der Waals surface area (Å²) < 4.78 is 0. The van der Waals surface area contributed by atoms with E-state index in [1.54, 1.807) is 10.8 Å². The van der Waals surface area contributed by atoms with Gasteiger partial charge in [-0.1, -0.05) is 49.5 Å². The first kappa shape index (κ1) is 10.9. The molecule has 0 aliphatic heterocycles. The quantitative estimate of drug-likeness (QED) is 0.687. The average molecular weight is 209 g/mol. The van der Waals surface area contributed by atoms with Gasteiger partial charge in [-0.15, -0.1) is 0 Å². The van der Waals surface area contributed by atoms with Crippen molar-refractivity contribution in [2.24, 2.45) is 0 Å². The lowest BCUT2D eigenvalue weighted by molar-refractivity contribution is 1.42. The molecule has 0 aromatic heterocycles. The van der Waals surface area contributed by atoms with Gasteiger partial charge in [-0.05, 0) is 11.3 Å². The molecule has 0 saturated heterocycles. The maximum atomic E-state index is 2.36. The van der Waals surface area contributed by atoms with E-state index in [1.807, 2.05) is 11.8 Å². The van der Waals surface area contributed by atoms with Crippen LogP contribution in [0.15, 0.2) is 24.3 Å². The van der Waals surface area contributed by atoms with Crippen LogP contribution in [0.25, 0.3) is 0 Å². The second-order valence-corrected chi connectivity index (χ2v) is 7.11. The molecule has 0 saturated carbocycles. The third-order valence-corrected chi connectivity index (χ3v) is 4.51. The topological polar surface area (TPSA) is 0 Å². The minimum atomic E-state index is -0.285. The lowest BCUT2D eigenvalue weighted by atomic mass is 10.2. The van der Waals surface area contributed by atoms with Gasteiger partial charge in [-0.2, -0.15) is 11.8 Å². The van der Waals surface area contributed by atoms with E-state index in [9.17, 15) is 0 Å². The Morgan fingerprint density at radius 2 is 1.92 bits per heavy atom. The van der Waals surface area contributed by atoms with Gasteiger partial charge in [0.25, 0.3) is 0 Å². The largest absolute Gasteiger partial charge is 0.158 e. The molecule has 0 N–H and O–H groups in total. The summed E-state index contributed by atoms with van der Waals surface area (Å²) in [7, 11) is -0.285. The van der Waals surface area contributed by atoms with Crippen molar-refractivity contribution in [1.82, 2.24) is 0 Å². The molecule has 0 heterocycles. The van der Waals surface area contributed by atoms with E-state index < -0.39 is 0 Å². The zero-order valence-corrected chi connectivity index (χ0v) is 10.4. The van der Waals surface area contributed by atoms with Gasteiger partial charge < -0.3 is 0 Å². The molecular weight excluding hydrogens is 192 g/mol.